The topological polar surface area (TPSA) is 49.8 Å². The lowest BCUT2D eigenvalue weighted by atomic mass is 10.3. The molecular weight excluding hydrogens is 293 g/mol. The summed E-state index contributed by atoms with van der Waals surface area (Å²) in [6.45, 7) is 0.729. The fourth-order valence-corrected chi connectivity index (χ4v) is 1.40. The van der Waals surface area contributed by atoms with Crippen LogP contribution in [0, 0.1) is 5.82 Å². The van der Waals surface area contributed by atoms with Crippen LogP contribution in [0.3, 0.4) is 0 Å². The Kier molecular flexibility index (Phi) is 5.21. The van der Waals surface area contributed by atoms with Crippen molar-refractivity contribution in [2.75, 3.05) is 20.2 Å². The highest BCUT2D eigenvalue weighted by atomic mass is 79.9. The molecule has 0 spiro atoms. The maximum atomic E-state index is 13.1. The van der Waals surface area contributed by atoms with Crippen molar-refractivity contribution in [1.82, 2.24) is 4.90 Å². The van der Waals surface area contributed by atoms with E-state index >= 15 is 0 Å². The molecule has 0 fully saturated rings. The fraction of sp³-hybridized carbons (Fsp3) is 0.364. The maximum Gasteiger partial charge on any atom is 0.407 e. The molecular formula is C11H13BrFNO3. The summed E-state index contributed by atoms with van der Waals surface area (Å²) in [5.41, 5.74) is 0. The predicted molar refractivity (Wildman–Crippen MR) is 64.9 cm³/mol. The van der Waals surface area contributed by atoms with Crippen LogP contribution in [0.1, 0.15) is 6.42 Å². The molecule has 1 aromatic carbocycles. The Bertz CT molecular complexity index is 400. The van der Waals surface area contributed by atoms with Crippen LogP contribution in [-0.2, 0) is 0 Å². The highest BCUT2D eigenvalue weighted by Crippen LogP contribution is 2.20. The van der Waals surface area contributed by atoms with Crippen molar-refractivity contribution in [2.45, 2.75) is 6.42 Å². The van der Waals surface area contributed by atoms with Crippen molar-refractivity contribution in [2.24, 2.45) is 0 Å². The van der Waals surface area contributed by atoms with Gasteiger partial charge in [-0.15, -0.1) is 0 Å². The van der Waals surface area contributed by atoms with Crippen LogP contribution in [0.5, 0.6) is 5.75 Å². The standard InChI is InChI=1S/C11H13BrFNO3/c1-14(11(15)16)5-2-6-17-8-3-4-9(12)10(13)7-8/h3-4,7H,2,5-6H2,1H3,(H,15,16). The Hall–Kier alpha value is -1.30. The lowest BCUT2D eigenvalue weighted by Gasteiger charge is -2.13. The molecule has 1 amide bonds. The Labute approximate surface area is 107 Å². The van der Waals surface area contributed by atoms with Crippen LogP contribution < -0.4 is 4.74 Å². The summed E-state index contributed by atoms with van der Waals surface area (Å²) in [6, 6.07) is 4.49. The van der Waals surface area contributed by atoms with Gasteiger partial charge in [0.2, 0.25) is 0 Å². The first-order valence-corrected chi connectivity index (χ1v) is 5.82. The highest BCUT2D eigenvalue weighted by Gasteiger charge is 2.05. The molecule has 0 bridgehead atoms. The average molecular weight is 306 g/mol. The van der Waals surface area contributed by atoms with E-state index in [4.69, 9.17) is 9.84 Å². The minimum absolute atomic E-state index is 0.346. The van der Waals surface area contributed by atoms with E-state index in [1.165, 1.54) is 18.0 Å². The molecule has 0 heterocycles. The van der Waals surface area contributed by atoms with E-state index in [1.807, 2.05) is 0 Å². The van der Waals surface area contributed by atoms with Crippen LogP contribution in [0.4, 0.5) is 9.18 Å². The van der Waals surface area contributed by atoms with Crippen LogP contribution in [0.15, 0.2) is 22.7 Å². The summed E-state index contributed by atoms with van der Waals surface area (Å²) in [4.78, 5) is 11.6. The SMILES string of the molecule is CN(CCCOc1ccc(Br)c(F)c1)C(=O)O. The van der Waals surface area contributed by atoms with Gasteiger partial charge in [-0.25, -0.2) is 9.18 Å². The number of hydrogen-bond donors (Lipinski definition) is 1. The lowest BCUT2D eigenvalue weighted by molar-refractivity contribution is 0.152. The summed E-state index contributed by atoms with van der Waals surface area (Å²) in [5, 5.41) is 8.60. The number of ether oxygens (including phenoxy) is 1. The second-order valence-electron chi connectivity index (χ2n) is 3.48. The molecule has 1 aromatic rings. The van der Waals surface area contributed by atoms with Gasteiger partial charge in [0.15, 0.2) is 0 Å². The minimum Gasteiger partial charge on any atom is -0.493 e. The summed E-state index contributed by atoms with van der Waals surface area (Å²) in [6.07, 6.45) is -0.416. The Morgan fingerprint density at radius 2 is 2.29 bits per heavy atom. The molecule has 0 aliphatic heterocycles. The molecule has 0 saturated heterocycles. The van der Waals surface area contributed by atoms with Crippen molar-refractivity contribution in [3.63, 3.8) is 0 Å². The van der Waals surface area contributed by atoms with E-state index in [1.54, 1.807) is 12.1 Å². The van der Waals surface area contributed by atoms with Crippen molar-refractivity contribution in [1.29, 1.82) is 0 Å². The van der Waals surface area contributed by atoms with Gasteiger partial charge in [-0.1, -0.05) is 0 Å². The van der Waals surface area contributed by atoms with E-state index in [2.05, 4.69) is 15.9 Å². The van der Waals surface area contributed by atoms with E-state index in [0.717, 1.165) is 0 Å². The molecule has 94 valence electrons. The zero-order valence-corrected chi connectivity index (χ0v) is 10.9. The number of carbonyl (C=O) groups is 1. The predicted octanol–water partition coefficient (Wildman–Crippen LogP) is 2.97. The molecule has 0 aromatic heterocycles. The summed E-state index contributed by atoms with van der Waals surface area (Å²) < 4.78 is 18.8. The van der Waals surface area contributed by atoms with Gasteiger partial charge in [0.05, 0.1) is 11.1 Å². The van der Waals surface area contributed by atoms with Gasteiger partial charge in [-0.3, -0.25) is 0 Å². The Morgan fingerprint density at radius 3 is 2.88 bits per heavy atom. The largest absolute Gasteiger partial charge is 0.493 e. The number of nitrogens with zero attached hydrogens (tertiary/aromatic N) is 1. The van der Waals surface area contributed by atoms with Crippen molar-refractivity contribution in [3.05, 3.63) is 28.5 Å². The van der Waals surface area contributed by atoms with Crippen molar-refractivity contribution < 1.29 is 19.0 Å². The van der Waals surface area contributed by atoms with Gasteiger partial charge in [0.25, 0.3) is 0 Å². The minimum atomic E-state index is -0.973. The smallest absolute Gasteiger partial charge is 0.407 e. The third-order valence-electron chi connectivity index (χ3n) is 2.12. The fourth-order valence-electron chi connectivity index (χ4n) is 1.15. The number of benzene rings is 1. The molecule has 17 heavy (non-hydrogen) atoms. The van der Waals surface area contributed by atoms with Gasteiger partial charge in [0.1, 0.15) is 11.6 Å². The average Bonchev–Trinajstić information content (AvgIpc) is 2.28. The summed E-state index contributed by atoms with van der Waals surface area (Å²) >= 11 is 3.04. The zero-order chi connectivity index (χ0) is 12.8. The highest BCUT2D eigenvalue weighted by molar-refractivity contribution is 9.10. The van der Waals surface area contributed by atoms with Gasteiger partial charge in [-0.2, -0.15) is 0 Å². The molecule has 0 unspecified atom stereocenters. The second kappa shape index (κ2) is 6.44. The molecule has 0 atom stereocenters. The van der Waals surface area contributed by atoms with Gasteiger partial charge in [0, 0.05) is 19.7 Å². The Morgan fingerprint density at radius 1 is 1.59 bits per heavy atom. The third kappa shape index (κ3) is 4.60. The maximum absolute atomic E-state index is 13.1. The number of rotatable bonds is 5. The Balaban J connectivity index is 2.31. The quantitative estimate of drug-likeness (QED) is 0.851. The molecule has 0 radical (unpaired) electrons. The number of carboxylic acid groups (broad SMARTS) is 1. The van der Waals surface area contributed by atoms with Crippen LogP contribution in [0.25, 0.3) is 0 Å². The monoisotopic (exact) mass is 305 g/mol. The zero-order valence-electron chi connectivity index (χ0n) is 9.32. The van der Waals surface area contributed by atoms with Crippen LogP contribution in [-0.4, -0.2) is 36.3 Å². The van der Waals surface area contributed by atoms with Gasteiger partial charge in [-0.05, 0) is 34.5 Å². The molecule has 0 aliphatic carbocycles. The van der Waals surface area contributed by atoms with E-state index in [9.17, 15) is 9.18 Å². The van der Waals surface area contributed by atoms with E-state index in [0.29, 0.717) is 29.8 Å². The van der Waals surface area contributed by atoms with Crippen LogP contribution in [0.2, 0.25) is 0 Å². The number of hydrogen-bond acceptors (Lipinski definition) is 2. The van der Waals surface area contributed by atoms with Crippen molar-refractivity contribution in [3.8, 4) is 5.75 Å². The van der Waals surface area contributed by atoms with Gasteiger partial charge >= 0.3 is 6.09 Å². The molecule has 0 saturated carbocycles. The first-order chi connectivity index (χ1) is 8.00. The normalized spacial score (nSPS) is 10.1. The lowest BCUT2D eigenvalue weighted by Crippen LogP contribution is -2.26. The molecule has 1 N–H and O–H groups in total. The molecule has 1 rings (SSSR count). The van der Waals surface area contributed by atoms with E-state index < -0.39 is 6.09 Å². The molecule has 0 aliphatic rings. The van der Waals surface area contributed by atoms with Gasteiger partial charge < -0.3 is 14.7 Å². The molecule has 6 heteroatoms. The second-order valence-corrected chi connectivity index (χ2v) is 4.34. The first kappa shape index (κ1) is 13.8. The molecule has 4 nitrogen and oxygen atoms in total. The van der Waals surface area contributed by atoms with E-state index in [-0.39, 0.29) is 5.82 Å². The third-order valence-corrected chi connectivity index (χ3v) is 2.77. The number of halogens is 2. The number of amides is 1. The van der Waals surface area contributed by atoms with Crippen LogP contribution >= 0.6 is 15.9 Å². The summed E-state index contributed by atoms with van der Waals surface area (Å²) in [7, 11) is 1.49. The first-order valence-electron chi connectivity index (χ1n) is 5.02. The van der Waals surface area contributed by atoms with Crippen molar-refractivity contribution >= 4 is 22.0 Å². The summed E-state index contributed by atoms with van der Waals surface area (Å²) in [5.74, 6) is 0.0498.